The molecule has 2 heterocycles. The van der Waals surface area contributed by atoms with Crippen LogP contribution in [-0.2, 0) is 17.6 Å². The molecule has 0 spiro atoms. The number of benzene rings is 1. The van der Waals surface area contributed by atoms with Crippen LogP contribution in [0.3, 0.4) is 0 Å². The van der Waals surface area contributed by atoms with Crippen molar-refractivity contribution in [2.24, 2.45) is 0 Å². The van der Waals surface area contributed by atoms with Crippen LogP contribution in [-0.4, -0.2) is 43.5 Å². The molecular weight excluding hydrogens is 354 g/mol. The zero-order valence-corrected chi connectivity index (χ0v) is 14.9. The summed E-state index contributed by atoms with van der Waals surface area (Å²) in [6, 6.07) is 12.9. The predicted octanol–water partition coefficient (Wildman–Crippen LogP) is 1.82. The SMILES string of the molecule is O=C(CCCc1nnc2ccc(Cl)nn12)N[C@@H](CO)Cc1ccccc1. The Morgan fingerprint density at radius 2 is 2.00 bits per heavy atom. The molecular formula is C18H20ClN5O2. The zero-order chi connectivity index (χ0) is 18.4. The summed E-state index contributed by atoms with van der Waals surface area (Å²) in [7, 11) is 0. The molecule has 3 rings (SSSR count). The van der Waals surface area contributed by atoms with Crippen LogP contribution >= 0.6 is 11.6 Å². The molecule has 0 unspecified atom stereocenters. The van der Waals surface area contributed by atoms with Gasteiger partial charge in [0.05, 0.1) is 12.6 Å². The normalized spacial score (nSPS) is 12.2. The lowest BCUT2D eigenvalue weighted by Gasteiger charge is -2.16. The highest BCUT2D eigenvalue weighted by Crippen LogP contribution is 2.09. The number of halogens is 1. The minimum Gasteiger partial charge on any atom is -0.394 e. The van der Waals surface area contributed by atoms with Crippen LogP contribution < -0.4 is 5.32 Å². The largest absolute Gasteiger partial charge is 0.394 e. The Kier molecular flexibility index (Phi) is 6.14. The minimum atomic E-state index is -0.292. The van der Waals surface area contributed by atoms with Crippen molar-refractivity contribution in [3.05, 3.63) is 59.0 Å². The van der Waals surface area contributed by atoms with Crippen LogP contribution in [0.15, 0.2) is 42.5 Å². The fourth-order valence-corrected chi connectivity index (χ4v) is 2.87. The third-order valence-electron chi connectivity index (χ3n) is 4.01. The van der Waals surface area contributed by atoms with Gasteiger partial charge in [0.2, 0.25) is 5.91 Å². The van der Waals surface area contributed by atoms with Crippen molar-refractivity contribution >= 4 is 23.2 Å². The van der Waals surface area contributed by atoms with Crippen molar-refractivity contribution in [3.63, 3.8) is 0 Å². The quantitative estimate of drug-likeness (QED) is 0.628. The molecule has 1 atom stereocenters. The summed E-state index contributed by atoms with van der Waals surface area (Å²) in [5, 5.41) is 25.0. The number of amides is 1. The first kappa shape index (κ1) is 18.3. The molecule has 0 bridgehead atoms. The minimum absolute atomic E-state index is 0.0974. The first-order valence-electron chi connectivity index (χ1n) is 8.46. The third-order valence-corrected chi connectivity index (χ3v) is 4.21. The Morgan fingerprint density at radius 3 is 2.77 bits per heavy atom. The van der Waals surface area contributed by atoms with Crippen molar-refractivity contribution in [1.82, 2.24) is 25.1 Å². The fraction of sp³-hybridized carbons (Fsp3) is 0.333. The lowest BCUT2D eigenvalue weighted by atomic mass is 10.1. The molecule has 0 fully saturated rings. The van der Waals surface area contributed by atoms with Crippen molar-refractivity contribution < 1.29 is 9.90 Å². The Morgan fingerprint density at radius 1 is 1.19 bits per heavy atom. The Hall–Kier alpha value is -2.51. The van der Waals surface area contributed by atoms with Gasteiger partial charge in [-0.1, -0.05) is 41.9 Å². The molecule has 2 N–H and O–H groups in total. The highest BCUT2D eigenvalue weighted by atomic mass is 35.5. The number of fused-ring (bicyclic) bond motifs is 1. The lowest BCUT2D eigenvalue weighted by Crippen LogP contribution is -2.39. The maximum Gasteiger partial charge on any atom is 0.220 e. The van der Waals surface area contributed by atoms with E-state index in [-0.39, 0.29) is 18.6 Å². The third kappa shape index (κ3) is 4.77. The summed E-state index contributed by atoms with van der Waals surface area (Å²) in [6.07, 6.45) is 2.09. The molecule has 136 valence electrons. The van der Waals surface area contributed by atoms with Crippen LogP contribution in [0.25, 0.3) is 5.65 Å². The van der Waals surface area contributed by atoms with Gasteiger partial charge in [0.25, 0.3) is 0 Å². The second-order valence-electron chi connectivity index (χ2n) is 6.03. The van der Waals surface area contributed by atoms with Crippen molar-refractivity contribution in [1.29, 1.82) is 0 Å². The number of hydrogen-bond donors (Lipinski definition) is 2. The van der Waals surface area contributed by atoms with Gasteiger partial charge in [-0.3, -0.25) is 4.79 Å². The van der Waals surface area contributed by atoms with Crippen molar-refractivity contribution in [3.8, 4) is 0 Å². The standard InChI is InChI=1S/C18H20ClN5O2/c19-15-9-10-17-22-21-16(24(17)23-15)7-4-8-18(26)20-14(12-25)11-13-5-2-1-3-6-13/h1-3,5-6,9-10,14,25H,4,7-8,11-12H2,(H,20,26)/t14-/m1/s1. The zero-order valence-electron chi connectivity index (χ0n) is 14.2. The molecule has 1 aromatic carbocycles. The highest BCUT2D eigenvalue weighted by Gasteiger charge is 2.13. The van der Waals surface area contributed by atoms with E-state index >= 15 is 0 Å². The topological polar surface area (TPSA) is 92.4 Å². The van der Waals surface area contributed by atoms with Gasteiger partial charge in [0, 0.05) is 12.8 Å². The molecule has 3 aromatic rings. The number of rotatable bonds is 8. The molecule has 0 aliphatic carbocycles. The number of nitrogens with one attached hydrogen (secondary N) is 1. The van der Waals surface area contributed by atoms with Gasteiger partial charge in [-0.05, 0) is 30.5 Å². The van der Waals surface area contributed by atoms with Crippen LogP contribution in [0.1, 0.15) is 24.2 Å². The molecule has 0 aliphatic rings. The average Bonchev–Trinajstić information content (AvgIpc) is 3.04. The molecule has 0 aliphatic heterocycles. The second kappa shape index (κ2) is 8.73. The number of hydrogen-bond acceptors (Lipinski definition) is 5. The molecule has 7 nitrogen and oxygen atoms in total. The Labute approximate surface area is 156 Å². The highest BCUT2D eigenvalue weighted by molar-refractivity contribution is 6.29. The second-order valence-corrected chi connectivity index (χ2v) is 6.42. The van der Waals surface area contributed by atoms with Crippen LogP contribution in [0.4, 0.5) is 0 Å². The maximum absolute atomic E-state index is 12.1. The van der Waals surface area contributed by atoms with Gasteiger partial charge in [0.15, 0.2) is 11.5 Å². The molecule has 2 aromatic heterocycles. The monoisotopic (exact) mass is 373 g/mol. The van der Waals surface area contributed by atoms with Gasteiger partial charge >= 0.3 is 0 Å². The molecule has 1 amide bonds. The Bertz CT molecular complexity index is 868. The molecule has 26 heavy (non-hydrogen) atoms. The summed E-state index contributed by atoms with van der Waals surface area (Å²) < 4.78 is 1.59. The first-order valence-corrected chi connectivity index (χ1v) is 8.84. The molecule has 0 saturated carbocycles. The number of aryl methyl sites for hydroxylation is 1. The lowest BCUT2D eigenvalue weighted by molar-refractivity contribution is -0.122. The van der Waals surface area contributed by atoms with Gasteiger partial charge in [-0.2, -0.15) is 9.61 Å². The molecule has 0 radical (unpaired) electrons. The van der Waals surface area contributed by atoms with E-state index in [1.165, 1.54) is 0 Å². The van der Waals surface area contributed by atoms with Crippen LogP contribution in [0.5, 0.6) is 0 Å². The van der Waals surface area contributed by atoms with E-state index in [2.05, 4.69) is 20.6 Å². The first-order chi connectivity index (χ1) is 12.7. The number of aliphatic hydroxyl groups excluding tert-OH is 1. The number of carbonyl (C=O) groups excluding carboxylic acids is 1. The summed E-state index contributed by atoms with van der Waals surface area (Å²) in [4.78, 5) is 12.1. The fourth-order valence-electron chi connectivity index (χ4n) is 2.73. The average molecular weight is 374 g/mol. The van der Waals surface area contributed by atoms with Gasteiger partial charge in [0.1, 0.15) is 5.15 Å². The van der Waals surface area contributed by atoms with Crippen LogP contribution in [0, 0.1) is 0 Å². The van der Waals surface area contributed by atoms with E-state index in [9.17, 15) is 9.90 Å². The number of nitrogens with zero attached hydrogens (tertiary/aromatic N) is 4. The molecule has 8 heteroatoms. The smallest absolute Gasteiger partial charge is 0.220 e. The van der Waals surface area contributed by atoms with Gasteiger partial charge in [-0.15, -0.1) is 10.2 Å². The van der Waals surface area contributed by atoms with E-state index in [1.807, 2.05) is 30.3 Å². The van der Waals surface area contributed by atoms with Gasteiger partial charge in [-0.25, -0.2) is 0 Å². The summed E-state index contributed by atoms with van der Waals surface area (Å²) >= 11 is 5.90. The van der Waals surface area contributed by atoms with E-state index in [0.29, 0.717) is 42.3 Å². The number of aromatic nitrogens is 4. The van der Waals surface area contributed by atoms with E-state index < -0.39 is 0 Å². The van der Waals surface area contributed by atoms with Crippen molar-refractivity contribution in [2.45, 2.75) is 31.7 Å². The summed E-state index contributed by atoms with van der Waals surface area (Å²) in [6.45, 7) is -0.0993. The summed E-state index contributed by atoms with van der Waals surface area (Å²) in [5.74, 6) is 0.568. The van der Waals surface area contributed by atoms with Crippen LogP contribution in [0.2, 0.25) is 5.15 Å². The number of aliphatic hydroxyl groups is 1. The van der Waals surface area contributed by atoms with E-state index in [4.69, 9.17) is 11.6 Å². The molecule has 0 saturated heterocycles. The summed E-state index contributed by atoms with van der Waals surface area (Å²) in [5.41, 5.74) is 1.70. The van der Waals surface area contributed by atoms with E-state index in [1.54, 1.807) is 16.6 Å². The Balaban J connectivity index is 1.49. The van der Waals surface area contributed by atoms with Gasteiger partial charge < -0.3 is 10.4 Å². The maximum atomic E-state index is 12.1. The number of carbonyl (C=O) groups is 1. The van der Waals surface area contributed by atoms with E-state index in [0.717, 1.165) is 5.56 Å². The predicted molar refractivity (Wildman–Crippen MR) is 97.9 cm³/mol. The van der Waals surface area contributed by atoms with Crippen molar-refractivity contribution in [2.75, 3.05) is 6.61 Å².